The van der Waals surface area contributed by atoms with Gasteiger partial charge in [-0.1, -0.05) is 54.6 Å². The molecule has 0 unspecified atom stereocenters. The number of hydrogen-bond donors (Lipinski definition) is 2. The van der Waals surface area contributed by atoms with Crippen molar-refractivity contribution >= 4 is 22.6 Å². The molecule has 2 aromatic carbocycles. The summed E-state index contributed by atoms with van der Waals surface area (Å²) < 4.78 is 28.7. The average molecular weight is 442 g/mol. The summed E-state index contributed by atoms with van der Waals surface area (Å²) in [7, 11) is 0. The van der Waals surface area contributed by atoms with Crippen molar-refractivity contribution in [1.82, 2.24) is 19.6 Å². The first-order valence-corrected chi connectivity index (χ1v) is 10.6. The third-order valence-corrected chi connectivity index (χ3v) is 6.34. The summed E-state index contributed by atoms with van der Waals surface area (Å²) in [4.78, 5) is 4.96. The van der Waals surface area contributed by atoms with E-state index in [4.69, 9.17) is 16.5 Å². The van der Waals surface area contributed by atoms with Crippen molar-refractivity contribution in [3.05, 3.63) is 78.4 Å². The highest BCUT2D eigenvalue weighted by molar-refractivity contribution is 5.91. The summed E-state index contributed by atoms with van der Waals surface area (Å²) in [6.07, 6.45) is -0.668. The molecule has 33 heavy (non-hydrogen) atoms. The fraction of sp³-hybridized carbons (Fsp3) is 0.160. The first kappa shape index (κ1) is 19.8. The number of nitrogens with zero attached hydrogens (tertiary/aromatic N) is 4. The molecule has 8 heteroatoms. The van der Waals surface area contributed by atoms with Gasteiger partial charge < -0.3 is 11.5 Å². The van der Waals surface area contributed by atoms with Crippen LogP contribution in [0.4, 0.5) is 14.7 Å². The normalized spacial score (nSPS) is 16.7. The van der Waals surface area contributed by atoms with Gasteiger partial charge >= 0.3 is 0 Å². The Morgan fingerprint density at radius 2 is 1.58 bits per heavy atom. The summed E-state index contributed by atoms with van der Waals surface area (Å²) in [6, 6.07) is 23.1. The molecule has 3 heterocycles. The monoisotopic (exact) mass is 442 g/mol. The summed E-state index contributed by atoms with van der Waals surface area (Å²) in [5, 5.41) is 8.09. The van der Waals surface area contributed by atoms with Crippen LogP contribution >= 0.6 is 0 Å². The molecule has 4 N–H and O–H groups in total. The molecular weight excluding hydrogens is 422 g/mol. The predicted molar refractivity (Wildman–Crippen MR) is 124 cm³/mol. The molecule has 5 aromatic rings. The molecule has 0 amide bonds. The van der Waals surface area contributed by atoms with E-state index in [0.29, 0.717) is 17.2 Å². The van der Waals surface area contributed by atoms with Crippen LogP contribution in [0.3, 0.4) is 0 Å². The molecule has 1 fully saturated rings. The predicted octanol–water partition coefficient (Wildman–Crippen LogP) is 4.78. The van der Waals surface area contributed by atoms with E-state index in [-0.39, 0.29) is 12.8 Å². The van der Waals surface area contributed by atoms with E-state index in [0.717, 1.165) is 33.4 Å². The molecular formula is C25H20F2N6. The van der Waals surface area contributed by atoms with E-state index in [9.17, 15) is 8.78 Å². The number of alkyl halides is 2. The van der Waals surface area contributed by atoms with Crippen LogP contribution < -0.4 is 11.5 Å². The van der Waals surface area contributed by atoms with Crippen LogP contribution in [0.5, 0.6) is 0 Å². The number of hydrogen-bond acceptors (Lipinski definition) is 5. The second-order valence-electron chi connectivity index (χ2n) is 8.68. The minimum atomic E-state index is -2.69. The third kappa shape index (κ3) is 3.14. The molecule has 0 radical (unpaired) electrons. The fourth-order valence-electron chi connectivity index (χ4n) is 4.73. The molecule has 6 rings (SSSR count). The number of nitrogen functional groups attached to an aromatic ring is 1. The largest absolute Gasteiger partial charge is 0.368 e. The Morgan fingerprint density at radius 1 is 0.848 bits per heavy atom. The van der Waals surface area contributed by atoms with Crippen molar-refractivity contribution < 1.29 is 8.78 Å². The lowest BCUT2D eigenvalue weighted by Crippen LogP contribution is -2.55. The summed E-state index contributed by atoms with van der Waals surface area (Å²) >= 11 is 0. The van der Waals surface area contributed by atoms with Gasteiger partial charge in [0.1, 0.15) is 0 Å². The molecule has 1 aliphatic carbocycles. The molecule has 164 valence electrons. The Kier molecular flexibility index (Phi) is 4.07. The van der Waals surface area contributed by atoms with Gasteiger partial charge in [0.15, 0.2) is 5.65 Å². The van der Waals surface area contributed by atoms with Crippen LogP contribution in [-0.4, -0.2) is 25.5 Å². The average Bonchev–Trinajstić information content (AvgIpc) is 3.19. The summed E-state index contributed by atoms with van der Waals surface area (Å²) in [5.41, 5.74) is 17.7. The maximum absolute atomic E-state index is 13.5. The molecule has 0 atom stereocenters. The van der Waals surface area contributed by atoms with Crippen LogP contribution in [0.2, 0.25) is 0 Å². The second-order valence-corrected chi connectivity index (χ2v) is 8.68. The number of fused-ring (bicyclic) bond motifs is 3. The second kappa shape index (κ2) is 6.79. The Labute approximate surface area is 187 Å². The van der Waals surface area contributed by atoms with Crippen LogP contribution in [0.1, 0.15) is 18.4 Å². The van der Waals surface area contributed by atoms with Gasteiger partial charge in [-0.25, -0.2) is 13.8 Å². The number of nitrogens with two attached hydrogens (primary N) is 2. The van der Waals surface area contributed by atoms with Gasteiger partial charge in [0.05, 0.1) is 22.3 Å². The van der Waals surface area contributed by atoms with E-state index in [1.165, 1.54) is 0 Å². The van der Waals surface area contributed by atoms with Crippen molar-refractivity contribution in [2.24, 2.45) is 5.73 Å². The SMILES string of the molecule is Nc1nnc2ccc3nc(-c4ccc(C5(N)CC(F)(F)C5)cc4)c(-c4ccccc4)cc3n12. The zero-order chi connectivity index (χ0) is 22.8. The van der Waals surface area contributed by atoms with E-state index in [1.54, 1.807) is 4.40 Å². The fourth-order valence-corrected chi connectivity index (χ4v) is 4.73. The van der Waals surface area contributed by atoms with E-state index in [2.05, 4.69) is 10.2 Å². The van der Waals surface area contributed by atoms with Crippen molar-refractivity contribution in [2.75, 3.05) is 5.73 Å². The van der Waals surface area contributed by atoms with Crippen molar-refractivity contribution in [2.45, 2.75) is 24.3 Å². The quantitative estimate of drug-likeness (QED) is 0.419. The van der Waals surface area contributed by atoms with Crippen LogP contribution in [-0.2, 0) is 5.54 Å². The third-order valence-electron chi connectivity index (χ3n) is 6.34. The molecule has 0 spiro atoms. The number of benzene rings is 2. The number of aromatic nitrogens is 4. The Bertz CT molecular complexity index is 1500. The first-order chi connectivity index (χ1) is 15.8. The smallest absolute Gasteiger partial charge is 0.252 e. The number of rotatable bonds is 3. The first-order valence-electron chi connectivity index (χ1n) is 10.6. The minimum absolute atomic E-state index is 0.291. The molecule has 0 aliphatic heterocycles. The lowest BCUT2D eigenvalue weighted by molar-refractivity contribution is -0.125. The lowest BCUT2D eigenvalue weighted by atomic mass is 9.70. The molecule has 6 nitrogen and oxygen atoms in total. The highest BCUT2D eigenvalue weighted by Crippen LogP contribution is 2.50. The number of pyridine rings is 2. The lowest BCUT2D eigenvalue weighted by Gasteiger charge is -2.44. The molecule has 1 aliphatic rings. The van der Waals surface area contributed by atoms with Crippen molar-refractivity contribution in [1.29, 1.82) is 0 Å². The van der Waals surface area contributed by atoms with E-state index < -0.39 is 11.5 Å². The van der Waals surface area contributed by atoms with Crippen molar-refractivity contribution in [3.8, 4) is 22.4 Å². The Balaban J connectivity index is 1.53. The van der Waals surface area contributed by atoms with Gasteiger partial charge in [-0.2, -0.15) is 0 Å². The van der Waals surface area contributed by atoms with Crippen molar-refractivity contribution in [3.63, 3.8) is 0 Å². The maximum atomic E-state index is 13.5. The van der Waals surface area contributed by atoms with Gasteiger partial charge in [-0.15, -0.1) is 10.2 Å². The molecule has 1 saturated carbocycles. The topological polar surface area (TPSA) is 95.1 Å². The van der Waals surface area contributed by atoms with Gasteiger partial charge in [-0.05, 0) is 29.3 Å². The van der Waals surface area contributed by atoms with Gasteiger partial charge in [0.2, 0.25) is 5.95 Å². The summed E-state index contributed by atoms with van der Waals surface area (Å²) in [5.74, 6) is -2.40. The zero-order valence-electron chi connectivity index (χ0n) is 17.5. The van der Waals surface area contributed by atoms with Crippen LogP contribution in [0.15, 0.2) is 72.8 Å². The maximum Gasteiger partial charge on any atom is 0.252 e. The van der Waals surface area contributed by atoms with Gasteiger partial charge in [0, 0.05) is 24.0 Å². The zero-order valence-corrected chi connectivity index (χ0v) is 17.5. The van der Waals surface area contributed by atoms with Gasteiger partial charge in [-0.3, -0.25) is 4.40 Å². The number of halogens is 2. The summed E-state index contributed by atoms with van der Waals surface area (Å²) in [6.45, 7) is 0. The minimum Gasteiger partial charge on any atom is -0.368 e. The standard InChI is InChI=1S/C25H20F2N6/c26-25(27)13-24(29,14-25)17-8-6-16(7-9-17)22-18(15-4-2-1-3-5-15)12-20-19(30-22)10-11-21-31-32-23(28)33(20)21/h1-12H,13-14,29H2,(H2,28,32). The van der Waals surface area contributed by atoms with Crippen LogP contribution in [0, 0.1) is 0 Å². The molecule has 0 saturated heterocycles. The Hall–Kier alpha value is -3.91. The number of anilines is 1. The molecule has 3 aromatic heterocycles. The van der Waals surface area contributed by atoms with E-state index in [1.807, 2.05) is 72.8 Å². The highest BCUT2D eigenvalue weighted by atomic mass is 19.3. The highest BCUT2D eigenvalue weighted by Gasteiger charge is 2.55. The molecule has 0 bridgehead atoms. The van der Waals surface area contributed by atoms with Gasteiger partial charge in [0.25, 0.3) is 5.92 Å². The van der Waals surface area contributed by atoms with Crippen LogP contribution in [0.25, 0.3) is 39.1 Å². The Morgan fingerprint density at radius 3 is 2.27 bits per heavy atom. The van der Waals surface area contributed by atoms with E-state index >= 15 is 0 Å².